The Kier molecular flexibility index (Phi) is 4.12. The molecule has 3 heteroatoms. The lowest BCUT2D eigenvalue weighted by Crippen LogP contribution is -2.37. The molecule has 1 atom stereocenters. The largest absolute Gasteiger partial charge is 0.378 e. The monoisotopic (exact) mass is 262 g/mol. The number of allylic oxidation sites excluding steroid dienone is 3. The summed E-state index contributed by atoms with van der Waals surface area (Å²) in [6, 6.07) is 0. The van der Waals surface area contributed by atoms with E-state index in [0.717, 1.165) is 26.3 Å². The maximum atomic E-state index is 5.47. The zero-order chi connectivity index (χ0) is 13.1. The molecule has 0 amide bonds. The van der Waals surface area contributed by atoms with E-state index >= 15 is 0 Å². The van der Waals surface area contributed by atoms with Gasteiger partial charge in [-0.2, -0.15) is 0 Å². The molecule has 0 bridgehead atoms. The fourth-order valence-corrected chi connectivity index (χ4v) is 3.38. The minimum Gasteiger partial charge on any atom is -0.378 e. The Morgan fingerprint density at radius 2 is 1.74 bits per heavy atom. The Bertz CT molecular complexity index is 363. The molecule has 0 N–H and O–H groups in total. The summed E-state index contributed by atoms with van der Waals surface area (Å²) in [5, 5.41) is 0. The fraction of sp³-hybridized carbons (Fsp3) is 0.750. The van der Waals surface area contributed by atoms with Gasteiger partial charge in [-0.25, -0.2) is 0 Å². The van der Waals surface area contributed by atoms with Crippen LogP contribution in [0.1, 0.15) is 32.6 Å². The van der Waals surface area contributed by atoms with Crippen LogP contribution in [0.5, 0.6) is 0 Å². The van der Waals surface area contributed by atoms with Crippen LogP contribution < -0.4 is 0 Å². The molecule has 2 saturated heterocycles. The van der Waals surface area contributed by atoms with Crippen LogP contribution in [0.25, 0.3) is 0 Å². The summed E-state index contributed by atoms with van der Waals surface area (Å²) in [6.45, 7) is 8.72. The molecule has 0 aromatic heterocycles. The van der Waals surface area contributed by atoms with Gasteiger partial charge in [0.05, 0.1) is 13.2 Å². The van der Waals surface area contributed by atoms with Crippen LogP contribution in [0, 0.1) is 5.92 Å². The van der Waals surface area contributed by atoms with Crippen LogP contribution in [-0.2, 0) is 4.74 Å². The van der Waals surface area contributed by atoms with Gasteiger partial charge in [0.1, 0.15) is 0 Å². The van der Waals surface area contributed by atoms with Crippen LogP contribution in [0.4, 0.5) is 0 Å². The van der Waals surface area contributed by atoms with Crippen molar-refractivity contribution in [2.45, 2.75) is 32.6 Å². The highest BCUT2D eigenvalue weighted by atomic mass is 16.5. The first-order chi connectivity index (χ1) is 9.33. The Balaban J connectivity index is 1.73. The molecule has 1 aliphatic carbocycles. The molecule has 19 heavy (non-hydrogen) atoms. The Hall–Kier alpha value is -0.960. The van der Waals surface area contributed by atoms with Crippen molar-refractivity contribution in [1.29, 1.82) is 0 Å². The molecule has 0 radical (unpaired) electrons. The average molecular weight is 262 g/mol. The summed E-state index contributed by atoms with van der Waals surface area (Å²) in [5.74, 6) is 0.666. The van der Waals surface area contributed by atoms with Crippen molar-refractivity contribution in [1.82, 2.24) is 9.80 Å². The molecule has 2 heterocycles. The van der Waals surface area contributed by atoms with Gasteiger partial charge in [0, 0.05) is 37.6 Å². The summed E-state index contributed by atoms with van der Waals surface area (Å²) >= 11 is 0. The number of hydrogen-bond donors (Lipinski definition) is 0. The lowest BCUT2D eigenvalue weighted by atomic mass is 9.96. The smallest absolute Gasteiger partial charge is 0.0642 e. The Morgan fingerprint density at radius 3 is 2.47 bits per heavy atom. The second-order valence-corrected chi connectivity index (χ2v) is 6.06. The number of ether oxygens (including phenoxy) is 1. The lowest BCUT2D eigenvalue weighted by molar-refractivity contribution is 0.0510. The average Bonchev–Trinajstić information content (AvgIpc) is 2.48. The summed E-state index contributed by atoms with van der Waals surface area (Å²) < 4.78 is 5.47. The van der Waals surface area contributed by atoms with Crippen molar-refractivity contribution in [3.63, 3.8) is 0 Å². The van der Waals surface area contributed by atoms with Crippen LogP contribution in [0.2, 0.25) is 0 Å². The van der Waals surface area contributed by atoms with Gasteiger partial charge in [-0.15, -0.1) is 0 Å². The topological polar surface area (TPSA) is 15.7 Å². The van der Waals surface area contributed by atoms with Gasteiger partial charge >= 0.3 is 0 Å². The van der Waals surface area contributed by atoms with Gasteiger partial charge in [0.25, 0.3) is 0 Å². The molecule has 2 fully saturated rings. The molecule has 0 spiro atoms. The third-order valence-corrected chi connectivity index (χ3v) is 4.44. The first-order valence-electron chi connectivity index (χ1n) is 7.83. The van der Waals surface area contributed by atoms with E-state index in [1.54, 1.807) is 0 Å². The zero-order valence-corrected chi connectivity index (χ0v) is 12.1. The number of piperidine rings is 1. The normalized spacial score (nSPS) is 29.0. The molecule has 3 aliphatic rings. The van der Waals surface area contributed by atoms with Crippen LogP contribution >= 0.6 is 0 Å². The second kappa shape index (κ2) is 6.00. The van der Waals surface area contributed by atoms with E-state index in [1.807, 2.05) is 0 Å². The third kappa shape index (κ3) is 3.14. The van der Waals surface area contributed by atoms with E-state index in [-0.39, 0.29) is 0 Å². The molecule has 2 aliphatic heterocycles. The first kappa shape index (κ1) is 13.0. The molecule has 3 rings (SSSR count). The summed E-state index contributed by atoms with van der Waals surface area (Å²) in [4.78, 5) is 5.11. The predicted octanol–water partition coefficient (Wildman–Crippen LogP) is 2.61. The van der Waals surface area contributed by atoms with Crippen molar-refractivity contribution < 1.29 is 4.74 Å². The molecule has 106 valence electrons. The maximum Gasteiger partial charge on any atom is 0.0642 e. The quantitative estimate of drug-likeness (QED) is 0.761. The van der Waals surface area contributed by atoms with Crippen molar-refractivity contribution in [2.75, 3.05) is 39.4 Å². The summed E-state index contributed by atoms with van der Waals surface area (Å²) in [5.41, 5.74) is 3.00. The predicted molar refractivity (Wildman–Crippen MR) is 77.8 cm³/mol. The molecular weight excluding hydrogens is 236 g/mol. The summed E-state index contributed by atoms with van der Waals surface area (Å²) in [6.07, 6.45) is 10.2. The van der Waals surface area contributed by atoms with E-state index in [1.165, 1.54) is 50.2 Å². The second-order valence-electron chi connectivity index (χ2n) is 6.06. The van der Waals surface area contributed by atoms with E-state index in [4.69, 9.17) is 4.74 Å². The molecule has 0 unspecified atom stereocenters. The van der Waals surface area contributed by atoms with Crippen LogP contribution in [0.3, 0.4) is 0 Å². The van der Waals surface area contributed by atoms with Crippen molar-refractivity contribution in [3.8, 4) is 0 Å². The van der Waals surface area contributed by atoms with Crippen molar-refractivity contribution in [2.24, 2.45) is 5.92 Å². The molecule has 0 saturated carbocycles. The highest BCUT2D eigenvalue weighted by Gasteiger charge is 2.22. The number of nitrogens with zero attached hydrogens (tertiary/aromatic N) is 2. The van der Waals surface area contributed by atoms with Gasteiger partial charge in [-0.1, -0.05) is 13.0 Å². The van der Waals surface area contributed by atoms with Gasteiger partial charge in [0.15, 0.2) is 0 Å². The number of rotatable bonds is 2. The van der Waals surface area contributed by atoms with Crippen molar-refractivity contribution in [3.05, 3.63) is 23.5 Å². The maximum absolute atomic E-state index is 5.47. The minimum absolute atomic E-state index is 0.666. The SMILES string of the molecule is C[C@@H]1C=C(N2CCCCC2)C=C(N2CCOCC2)C1. The molecule has 0 aromatic rings. The Morgan fingerprint density at radius 1 is 1.00 bits per heavy atom. The van der Waals surface area contributed by atoms with E-state index in [0.29, 0.717) is 5.92 Å². The van der Waals surface area contributed by atoms with Crippen molar-refractivity contribution >= 4 is 0 Å². The van der Waals surface area contributed by atoms with Crippen LogP contribution in [0.15, 0.2) is 23.5 Å². The number of likely N-dealkylation sites (tertiary alicyclic amines) is 1. The third-order valence-electron chi connectivity index (χ3n) is 4.44. The number of morpholine rings is 1. The summed E-state index contributed by atoms with van der Waals surface area (Å²) in [7, 11) is 0. The van der Waals surface area contributed by atoms with Crippen LogP contribution in [-0.4, -0.2) is 49.2 Å². The number of hydrogen-bond acceptors (Lipinski definition) is 3. The zero-order valence-electron chi connectivity index (χ0n) is 12.1. The van der Waals surface area contributed by atoms with E-state index < -0.39 is 0 Å². The van der Waals surface area contributed by atoms with Gasteiger partial charge < -0.3 is 14.5 Å². The lowest BCUT2D eigenvalue weighted by Gasteiger charge is -2.37. The highest BCUT2D eigenvalue weighted by Crippen LogP contribution is 2.28. The highest BCUT2D eigenvalue weighted by molar-refractivity contribution is 5.28. The molecular formula is C16H26N2O. The Labute approximate surface area is 116 Å². The standard InChI is InChI=1S/C16H26N2O/c1-14-11-15(17-5-3-2-4-6-17)13-16(12-14)18-7-9-19-10-8-18/h11,13-14H,2-10,12H2,1H3/t14-/m1/s1. The molecule has 3 nitrogen and oxygen atoms in total. The fourth-order valence-electron chi connectivity index (χ4n) is 3.38. The van der Waals surface area contributed by atoms with Gasteiger partial charge in [-0.05, 0) is 37.7 Å². The first-order valence-corrected chi connectivity index (χ1v) is 7.83. The van der Waals surface area contributed by atoms with Gasteiger partial charge in [0.2, 0.25) is 0 Å². The minimum atomic E-state index is 0.666. The van der Waals surface area contributed by atoms with E-state index in [2.05, 4.69) is 28.9 Å². The van der Waals surface area contributed by atoms with Gasteiger partial charge in [-0.3, -0.25) is 0 Å². The molecule has 0 aromatic carbocycles. The van der Waals surface area contributed by atoms with E-state index in [9.17, 15) is 0 Å².